The molecule has 0 bridgehead atoms. The molecule has 1 aromatic carbocycles. The highest BCUT2D eigenvalue weighted by Gasteiger charge is 2.27. The molecule has 1 aliphatic heterocycles. The van der Waals surface area contributed by atoms with Gasteiger partial charge in [-0.2, -0.15) is 4.68 Å². The number of nitrogens with one attached hydrogen (secondary N) is 2. The highest BCUT2D eigenvalue weighted by atomic mass is 35.5. The Bertz CT molecular complexity index is 1790. The van der Waals surface area contributed by atoms with Gasteiger partial charge in [0.05, 0.1) is 23.6 Å². The first kappa shape index (κ1) is 26.4. The number of benzene rings is 1. The average Bonchev–Trinajstić information content (AvgIpc) is 3.69. The monoisotopic (exact) mass is 571 g/mol. The number of aromatic nitrogens is 8. The third-order valence-corrected chi connectivity index (χ3v) is 6.85. The largest absolute Gasteiger partial charge is 0.444 e. The molecule has 1 unspecified atom stereocenters. The number of hydrogen-bond donors (Lipinski definition) is 2. The second-order valence-electron chi connectivity index (χ2n) is 10.7. The van der Waals surface area contributed by atoms with E-state index in [4.69, 9.17) is 16.3 Å². The normalized spacial score (nSPS) is 14.6. The minimum Gasteiger partial charge on any atom is -0.444 e. The number of aryl methyl sites for hydroxylation is 1. The molecule has 0 radical (unpaired) electrons. The predicted octanol–water partition coefficient (Wildman–Crippen LogP) is 4.81. The minimum absolute atomic E-state index is 0.127. The molecule has 13 heteroatoms. The lowest BCUT2D eigenvalue weighted by Gasteiger charge is -2.19. The molecule has 4 aromatic heterocycles. The number of carbonyl (C=O) groups excluding carboxylic acids is 1. The van der Waals surface area contributed by atoms with Gasteiger partial charge in [-0.25, -0.2) is 14.8 Å². The molecule has 5 aromatic rings. The Balaban J connectivity index is 1.24. The van der Waals surface area contributed by atoms with Gasteiger partial charge >= 0.3 is 6.09 Å². The van der Waals surface area contributed by atoms with Crippen LogP contribution in [-0.2, 0) is 11.2 Å². The van der Waals surface area contributed by atoms with Crippen molar-refractivity contribution in [3.05, 3.63) is 87.9 Å². The zero-order chi connectivity index (χ0) is 28.7. The van der Waals surface area contributed by atoms with Crippen molar-refractivity contribution in [3.63, 3.8) is 0 Å². The Hall–Kier alpha value is -4.84. The van der Waals surface area contributed by atoms with E-state index in [0.717, 1.165) is 46.6 Å². The maximum Gasteiger partial charge on any atom is 0.413 e. The molecule has 1 amide bonds. The van der Waals surface area contributed by atoms with Gasteiger partial charge in [-0.05, 0) is 86.0 Å². The molecule has 1 atom stereocenters. The van der Waals surface area contributed by atoms with Crippen LogP contribution in [0.3, 0.4) is 0 Å². The lowest BCUT2D eigenvalue weighted by molar-refractivity contribution is 0.0635. The fourth-order valence-corrected chi connectivity index (χ4v) is 5.10. The number of fused-ring (bicyclic) bond motifs is 1. The second-order valence-corrected chi connectivity index (χ2v) is 11.1. The first-order chi connectivity index (χ1) is 19.6. The zero-order valence-electron chi connectivity index (χ0n) is 22.5. The summed E-state index contributed by atoms with van der Waals surface area (Å²) in [5.74, 6) is 0.976. The van der Waals surface area contributed by atoms with Gasteiger partial charge in [-0.15, -0.1) is 5.10 Å². The number of amides is 1. The van der Waals surface area contributed by atoms with Gasteiger partial charge in [0.1, 0.15) is 23.6 Å². The van der Waals surface area contributed by atoms with Gasteiger partial charge in [0.25, 0.3) is 5.56 Å². The van der Waals surface area contributed by atoms with E-state index < -0.39 is 11.7 Å². The summed E-state index contributed by atoms with van der Waals surface area (Å²) in [6.45, 7) is 5.38. The number of aromatic amines is 1. The lowest BCUT2D eigenvalue weighted by Crippen LogP contribution is -2.27. The van der Waals surface area contributed by atoms with Crippen LogP contribution in [0.1, 0.15) is 44.6 Å². The molecule has 0 saturated heterocycles. The van der Waals surface area contributed by atoms with Crippen LogP contribution in [0.15, 0.2) is 66.0 Å². The second kappa shape index (κ2) is 10.3. The molecule has 6 rings (SSSR count). The molecule has 0 spiro atoms. The molecule has 12 nitrogen and oxygen atoms in total. The van der Waals surface area contributed by atoms with Gasteiger partial charge in [0.2, 0.25) is 0 Å². The SMILES string of the molecule is CC(C)(C)OC(=O)Nc1ccc(-c2ncc(C3CCc4cc(-c5cc(Cl)ccc5-n5cnnn5)cc(=O)n43)[nH]2)cn1. The summed E-state index contributed by atoms with van der Waals surface area (Å²) in [7, 11) is 0. The predicted molar refractivity (Wildman–Crippen MR) is 152 cm³/mol. The van der Waals surface area contributed by atoms with E-state index in [1.807, 2.05) is 12.1 Å². The number of nitrogens with zero attached hydrogens (tertiary/aromatic N) is 7. The van der Waals surface area contributed by atoms with Gasteiger partial charge in [0.15, 0.2) is 0 Å². The Morgan fingerprint density at radius 1 is 1.10 bits per heavy atom. The van der Waals surface area contributed by atoms with E-state index in [-0.39, 0.29) is 11.6 Å². The van der Waals surface area contributed by atoms with Crippen molar-refractivity contribution in [3.8, 4) is 28.2 Å². The van der Waals surface area contributed by atoms with Crippen LogP contribution in [-0.4, -0.2) is 51.4 Å². The molecule has 1 aliphatic rings. The number of pyridine rings is 2. The van der Waals surface area contributed by atoms with Crippen LogP contribution < -0.4 is 10.9 Å². The Kier molecular flexibility index (Phi) is 6.62. The van der Waals surface area contributed by atoms with Crippen LogP contribution in [0.4, 0.5) is 10.6 Å². The third kappa shape index (κ3) is 5.46. The summed E-state index contributed by atoms with van der Waals surface area (Å²) in [6.07, 6.45) is 5.74. The van der Waals surface area contributed by atoms with Crippen molar-refractivity contribution in [1.29, 1.82) is 0 Å². The van der Waals surface area contributed by atoms with Crippen molar-refractivity contribution in [2.24, 2.45) is 0 Å². The van der Waals surface area contributed by atoms with Gasteiger partial charge in [-0.3, -0.25) is 10.1 Å². The number of carbonyl (C=O) groups is 1. The van der Waals surface area contributed by atoms with E-state index in [2.05, 4.69) is 35.8 Å². The highest BCUT2D eigenvalue weighted by Crippen LogP contribution is 2.34. The zero-order valence-corrected chi connectivity index (χ0v) is 23.3. The molecule has 2 N–H and O–H groups in total. The molecule has 0 fully saturated rings. The number of anilines is 1. The number of ether oxygens (including phenoxy) is 1. The van der Waals surface area contributed by atoms with Crippen LogP contribution in [0.5, 0.6) is 0 Å². The molecule has 208 valence electrons. The van der Waals surface area contributed by atoms with Crippen LogP contribution in [0, 0.1) is 0 Å². The standard InChI is InChI=1S/C28H26ClN9O3/c1-28(2,3)41-27(40)34-24-9-4-16(13-30-24)26-31-14-21(33-26)23-8-6-19-10-17(11-25(39)38(19)23)20-12-18(29)5-7-22(20)37-15-32-35-36-37/h4-5,7,9-15,23H,6,8H2,1-3H3,(H,31,33)(H,30,34,40). The number of rotatable bonds is 5. The number of tetrazole rings is 1. The maximum absolute atomic E-state index is 13.5. The Morgan fingerprint density at radius 3 is 2.68 bits per heavy atom. The summed E-state index contributed by atoms with van der Waals surface area (Å²) >= 11 is 6.31. The van der Waals surface area contributed by atoms with Crippen molar-refractivity contribution < 1.29 is 9.53 Å². The summed E-state index contributed by atoms with van der Waals surface area (Å²) < 4.78 is 8.61. The van der Waals surface area contributed by atoms with Crippen LogP contribution >= 0.6 is 11.6 Å². The maximum atomic E-state index is 13.5. The smallest absolute Gasteiger partial charge is 0.413 e. The average molecular weight is 572 g/mol. The summed E-state index contributed by atoms with van der Waals surface area (Å²) in [5.41, 5.74) is 3.96. The summed E-state index contributed by atoms with van der Waals surface area (Å²) in [4.78, 5) is 37.6. The van der Waals surface area contributed by atoms with E-state index >= 15 is 0 Å². The number of imidazole rings is 1. The van der Waals surface area contributed by atoms with Crippen molar-refractivity contribution in [2.75, 3.05) is 5.32 Å². The third-order valence-electron chi connectivity index (χ3n) is 6.62. The van der Waals surface area contributed by atoms with Crippen LogP contribution in [0.25, 0.3) is 28.2 Å². The molecule has 5 heterocycles. The van der Waals surface area contributed by atoms with E-state index in [9.17, 15) is 9.59 Å². The molecular formula is C28H26ClN9O3. The topological polar surface area (TPSA) is 146 Å². The number of H-pyrrole nitrogens is 1. The molecule has 0 saturated carbocycles. The fraction of sp³-hybridized carbons (Fsp3) is 0.250. The highest BCUT2D eigenvalue weighted by molar-refractivity contribution is 6.31. The van der Waals surface area contributed by atoms with Crippen molar-refractivity contribution in [1.82, 2.24) is 39.7 Å². The van der Waals surface area contributed by atoms with Gasteiger partial charge < -0.3 is 14.3 Å². The number of halogens is 1. The van der Waals surface area contributed by atoms with Crippen LogP contribution in [0.2, 0.25) is 5.02 Å². The lowest BCUT2D eigenvalue weighted by atomic mass is 10.0. The molecule has 0 aliphatic carbocycles. The van der Waals surface area contributed by atoms with Gasteiger partial charge in [0, 0.05) is 34.1 Å². The summed E-state index contributed by atoms with van der Waals surface area (Å²) in [5, 5.41) is 14.6. The summed E-state index contributed by atoms with van der Waals surface area (Å²) in [6, 6.07) is 12.3. The Labute approximate surface area is 239 Å². The van der Waals surface area contributed by atoms with Crippen molar-refractivity contribution in [2.45, 2.75) is 45.3 Å². The van der Waals surface area contributed by atoms with E-state index in [1.54, 1.807) is 72.7 Å². The Morgan fingerprint density at radius 2 is 1.95 bits per heavy atom. The quantitative estimate of drug-likeness (QED) is 0.305. The molecular weight excluding hydrogens is 546 g/mol. The van der Waals surface area contributed by atoms with E-state index in [1.165, 1.54) is 6.33 Å². The fourth-order valence-electron chi connectivity index (χ4n) is 4.92. The first-order valence-electron chi connectivity index (χ1n) is 12.9. The van der Waals surface area contributed by atoms with E-state index in [0.29, 0.717) is 16.7 Å². The first-order valence-corrected chi connectivity index (χ1v) is 13.3. The molecule has 41 heavy (non-hydrogen) atoms. The van der Waals surface area contributed by atoms with Crippen molar-refractivity contribution >= 4 is 23.5 Å². The van der Waals surface area contributed by atoms with Gasteiger partial charge in [-0.1, -0.05) is 11.6 Å². The number of hydrogen-bond acceptors (Lipinski definition) is 8. The minimum atomic E-state index is -0.606.